The lowest BCUT2D eigenvalue weighted by Crippen LogP contribution is -2.39. The molecule has 9 heavy (non-hydrogen) atoms. The Morgan fingerprint density at radius 1 is 1.44 bits per heavy atom. The van der Waals surface area contributed by atoms with Crippen molar-refractivity contribution < 1.29 is 5.11 Å². The van der Waals surface area contributed by atoms with Crippen LogP contribution in [-0.4, -0.2) is 17.4 Å². The molecule has 54 valence electrons. The van der Waals surface area contributed by atoms with Gasteiger partial charge in [-0.25, -0.2) is 0 Å². The molecule has 0 aliphatic heterocycles. The van der Waals surface area contributed by atoms with Gasteiger partial charge in [-0.15, -0.1) is 0 Å². The minimum atomic E-state index is -0.945. The smallest absolute Gasteiger partial charge is 0.121 e. The van der Waals surface area contributed by atoms with Crippen molar-refractivity contribution in [3.05, 3.63) is 11.6 Å². The summed E-state index contributed by atoms with van der Waals surface area (Å²) in [5, 5.41) is 8.68. The number of nitrogens with two attached hydrogens (primary N) is 2. The number of hydrogen-bond acceptors (Lipinski definition) is 3. The zero-order valence-electron chi connectivity index (χ0n) is 5.83. The van der Waals surface area contributed by atoms with Crippen LogP contribution in [0.15, 0.2) is 11.6 Å². The molecule has 0 aromatic rings. The summed E-state index contributed by atoms with van der Waals surface area (Å²) in [7, 11) is 0. The fourth-order valence-electron chi connectivity index (χ4n) is 0.483. The van der Waals surface area contributed by atoms with E-state index in [9.17, 15) is 0 Å². The van der Waals surface area contributed by atoms with E-state index in [1.165, 1.54) is 0 Å². The van der Waals surface area contributed by atoms with E-state index in [-0.39, 0.29) is 0 Å². The summed E-state index contributed by atoms with van der Waals surface area (Å²) in [6.45, 7) is 3.81. The molecule has 3 nitrogen and oxygen atoms in total. The van der Waals surface area contributed by atoms with Crippen molar-refractivity contribution in [3.8, 4) is 0 Å². The first-order valence-electron chi connectivity index (χ1n) is 2.88. The van der Waals surface area contributed by atoms with Gasteiger partial charge < -0.3 is 16.6 Å². The van der Waals surface area contributed by atoms with E-state index >= 15 is 0 Å². The summed E-state index contributed by atoms with van der Waals surface area (Å²) >= 11 is 0. The van der Waals surface area contributed by atoms with Crippen LogP contribution in [0, 0.1) is 0 Å². The molecule has 5 N–H and O–H groups in total. The van der Waals surface area contributed by atoms with Crippen molar-refractivity contribution in [2.24, 2.45) is 11.5 Å². The van der Waals surface area contributed by atoms with Crippen molar-refractivity contribution in [2.75, 3.05) is 0 Å². The number of rotatable bonds is 2. The zero-order chi connectivity index (χ0) is 7.44. The predicted octanol–water partition coefficient (Wildman–Crippen LogP) is -0.443. The number of aliphatic hydroxyl groups excluding tert-OH is 1. The van der Waals surface area contributed by atoms with Gasteiger partial charge >= 0.3 is 0 Å². The van der Waals surface area contributed by atoms with Gasteiger partial charge in [0.05, 0.1) is 6.04 Å². The molecule has 0 saturated carbocycles. The lowest BCUT2D eigenvalue weighted by atomic mass is 10.2. The molecule has 0 aromatic carbocycles. The minimum Gasteiger partial charge on any atom is -0.377 e. The molecule has 2 unspecified atom stereocenters. The normalized spacial score (nSPS) is 16.6. The summed E-state index contributed by atoms with van der Waals surface area (Å²) in [6, 6.07) is -0.435. The second-order valence-electron chi connectivity index (χ2n) is 2.31. The van der Waals surface area contributed by atoms with E-state index in [4.69, 9.17) is 16.6 Å². The molecule has 0 bridgehead atoms. The average Bonchev–Trinajstić information content (AvgIpc) is 1.63. The zero-order valence-corrected chi connectivity index (χ0v) is 5.83. The second-order valence-corrected chi connectivity index (χ2v) is 2.31. The molecule has 0 heterocycles. The van der Waals surface area contributed by atoms with Crippen LogP contribution in [0.25, 0.3) is 0 Å². The Bertz CT molecular complexity index is 106. The van der Waals surface area contributed by atoms with E-state index in [2.05, 4.69) is 0 Å². The second kappa shape index (κ2) is 3.61. The van der Waals surface area contributed by atoms with Crippen molar-refractivity contribution in [1.82, 2.24) is 0 Å². The van der Waals surface area contributed by atoms with Gasteiger partial charge in [-0.3, -0.25) is 0 Å². The molecule has 0 amide bonds. The average molecular weight is 130 g/mol. The van der Waals surface area contributed by atoms with Gasteiger partial charge in [-0.05, 0) is 13.8 Å². The standard InChI is InChI=1S/C6H14N2O/c1-4(2)3-5(7)6(8)9/h3,5-6,9H,7-8H2,1-2H3. The molecule has 0 radical (unpaired) electrons. The van der Waals surface area contributed by atoms with E-state index in [0.717, 1.165) is 5.57 Å². The van der Waals surface area contributed by atoms with Crippen molar-refractivity contribution in [1.29, 1.82) is 0 Å². The van der Waals surface area contributed by atoms with Crippen LogP contribution >= 0.6 is 0 Å². The topological polar surface area (TPSA) is 72.3 Å². The Morgan fingerprint density at radius 2 is 1.89 bits per heavy atom. The van der Waals surface area contributed by atoms with E-state index < -0.39 is 12.3 Å². The van der Waals surface area contributed by atoms with E-state index in [0.29, 0.717) is 0 Å². The van der Waals surface area contributed by atoms with Gasteiger partial charge in [0.2, 0.25) is 0 Å². The SMILES string of the molecule is CC(C)=CC(N)C(N)O. The fraction of sp³-hybridized carbons (Fsp3) is 0.667. The monoisotopic (exact) mass is 130 g/mol. The maximum Gasteiger partial charge on any atom is 0.121 e. The van der Waals surface area contributed by atoms with Gasteiger partial charge in [0, 0.05) is 0 Å². The van der Waals surface area contributed by atoms with Gasteiger partial charge in [-0.1, -0.05) is 11.6 Å². The van der Waals surface area contributed by atoms with Crippen LogP contribution in [0.3, 0.4) is 0 Å². The number of allylic oxidation sites excluding steroid dienone is 1. The highest BCUT2D eigenvalue weighted by Gasteiger charge is 2.03. The van der Waals surface area contributed by atoms with Crippen LogP contribution in [0.4, 0.5) is 0 Å². The van der Waals surface area contributed by atoms with Crippen LogP contribution in [0.2, 0.25) is 0 Å². The lowest BCUT2D eigenvalue weighted by molar-refractivity contribution is 0.167. The van der Waals surface area contributed by atoms with Crippen molar-refractivity contribution >= 4 is 0 Å². The quantitative estimate of drug-likeness (QED) is 0.350. The number of aliphatic hydroxyl groups is 1. The first-order valence-corrected chi connectivity index (χ1v) is 2.88. The summed E-state index contributed by atoms with van der Waals surface area (Å²) in [5.74, 6) is 0. The number of hydrogen-bond donors (Lipinski definition) is 3. The molecular weight excluding hydrogens is 116 g/mol. The molecular formula is C6H14N2O. The van der Waals surface area contributed by atoms with Crippen LogP contribution in [-0.2, 0) is 0 Å². The molecule has 0 spiro atoms. The highest BCUT2D eigenvalue weighted by molar-refractivity contribution is 5.01. The summed E-state index contributed by atoms with van der Waals surface area (Å²) in [4.78, 5) is 0. The Morgan fingerprint density at radius 3 is 2.00 bits per heavy atom. The maximum absolute atomic E-state index is 8.68. The molecule has 2 atom stereocenters. The summed E-state index contributed by atoms with van der Waals surface area (Å²) < 4.78 is 0. The molecule has 0 aliphatic rings. The minimum absolute atomic E-state index is 0.435. The third kappa shape index (κ3) is 4.14. The highest BCUT2D eigenvalue weighted by atomic mass is 16.3. The maximum atomic E-state index is 8.68. The van der Waals surface area contributed by atoms with E-state index in [1.807, 2.05) is 13.8 Å². The Balaban J connectivity index is 3.76. The van der Waals surface area contributed by atoms with Gasteiger partial charge in [-0.2, -0.15) is 0 Å². The predicted molar refractivity (Wildman–Crippen MR) is 37.6 cm³/mol. The van der Waals surface area contributed by atoms with Crippen LogP contribution in [0.5, 0.6) is 0 Å². The Hall–Kier alpha value is -0.380. The third-order valence-corrected chi connectivity index (χ3v) is 0.920. The molecule has 0 fully saturated rings. The highest BCUT2D eigenvalue weighted by Crippen LogP contribution is 1.92. The molecule has 0 saturated heterocycles. The van der Waals surface area contributed by atoms with Crippen molar-refractivity contribution in [2.45, 2.75) is 26.1 Å². The van der Waals surface area contributed by atoms with Crippen molar-refractivity contribution in [3.63, 3.8) is 0 Å². The fourth-order valence-corrected chi connectivity index (χ4v) is 0.483. The Labute approximate surface area is 55.3 Å². The first-order chi connectivity index (χ1) is 4.04. The Kier molecular flexibility index (Phi) is 3.46. The molecule has 3 heteroatoms. The van der Waals surface area contributed by atoms with Gasteiger partial charge in [0.25, 0.3) is 0 Å². The summed E-state index contributed by atoms with van der Waals surface area (Å²) in [6.07, 6.45) is 0.782. The molecule has 0 aliphatic carbocycles. The van der Waals surface area contributed by atoms with Gasteiger partial charge in [0.1, 0.15) is 6.23 Å². The lowest BCUT2D eigenvalue weighted by Gasteiger charge is -2.09. The van der Waals surface area contributed by atoms with Crippen LogP contribution in [0.1, 0.15) is 13.8 Å². The largest absolute Gasteiger partial charge is 0.377 e. The third-order valence-electron chi connectivity index (χ3n) is 0.920. The molecule has 0 rings (SSSR count). The van der Waals surface area contributed by atoms with Gasteiger partial charge in [0.15, 0.2) is 0 Å². The molecule has 0 aromatic heterocycles. The first kappa shape index (κ1) is 8.62. The van der Waals surface area contributed by atoms with E-state index in [1.54, 1.807) is 6.08 Å². The summed E-state index contributed by atoms with van der Waals surface area (Å²) in [5.41, 5.74) is 11.5. The van der Waals surface area contributed by atoms with Crippen LogP contribution < -0.4 is 11.5 Å².